The third-order valence-electron chi connectivity index (χ3n) is 4.52. The largest absolute Gasteiger partial charge is 0.506 e. The second-order valence-electron chi connectivity index (χ2n) is 6.38. The van der Waals surface area contributed by atoms with Crippen LogP contribution in [0.3, 0.4) is 0 Å². The minimum Gasteiger partial charge on any atom is -0.506 e. The molecule has 1 amide bonds. The normalized spacial score (nSPS) is 23.2. The van der Waals surface area contributed by atoms with Crippen LogP contribution < -0.4 is 5.32 Å². The summed E-state index contributed by atoms with van der Waals surface area (Å²) in [6.45, 7) is 0. The molecule has 6 heteroatoms. The van der Waals surface area contributed by atoms with Crippen LogP contribution in [-0.2, 0) is 10.4 Å². The number of amides is 1. The van der Waals surface area contributed by atoms with Crippen LogP contribution in [0, 0.1) is 0 Å². The number of rotatable bonds is 5. The molecule has 0 atom stereocenters. The van der Waals surface area contributed by atoms with Gasteiger partial charge in [0, 0.05) is 10.9 Å². The molecule has 1 heterocycles. The van der Waals surface area contributed by atoms with Crippen molar-refractivity contribution in [2.75, 3.05) is 5.75 Å². The van der Waals surface area contributed by atoms with E-state index in [9.17, 15) is 15.0 Å². The first-order valence-corrected chi connectivity index (χ1v) is 9.39. The number of pyridine rings is 1. The number of carbonyl (C=O) groups is 1. The molecule has 132 valence electrons. The Bertz CT molecular complexity index is 698. The Labute approximate surface area is 151 Å². The number of benzene rings is 1. The summed E-state index contributed by atoms with van der Waals surface area (Å²) in [5, 5.41) is 23.2. The van der Waals surface area contributed by atoms with Gasteiger partial charge >= 0.3 is 0 Å². The predicted octanol–water partition coefficient (Wildman–Crippen LogP) is 2.83. The molecule has 1 fully saturated rings. The van der Waals surface area contributed by atoms with Crippen molar-refractivity contribution in [2.45, 2.75) is 42.2 Å². The van der Waals surface area contributed by atoms with Gasteiger partial charge in [-0.25, -0.2) is 0 Å². The summed E-state index contributed by atoms with van der Waals surface area (Å²) in [6.07, 6.45) is 3.85. The fourth-order valence-corrected chi connectivity index (χ4v) is 3.82. The van der Waals surface area contributed by atoms with Crippen molar-refractivity contribution in [3.8, 4) is 5.75 Å². The monoisotopic (exact) mass is 358 g/mol. The molecule has 0 saturated heterocycles. The van der Waals surface area contributed by atoms with Gasteiger partial charge in [0.05, 0.1) is 17.6 Å². The number of thioether (sulfide) groups is 1. The van der Waals surface area contributed by atoms with E-state index in [1.54, 1.807) is 6.07 Å². The first kappa shape index (κ1) is 17.8. The van der Waals surface area contributed by atoms with Crippen molar-refractivity contribution in [2.24, 2.45) is 0 Å². The third kappa shape index (κ3) is 4.74. The maximum atomic E-state index is 12.1. The fraction of sp³-hybridized carbons (Fsp3) is 0.368. The molecule has 0 radical (unpaired) electrons. The Balaban J connectivity index is 1.47. The van der Waals surface area contributed by atoms with Crippen LogP contribution in [0.5, 0.6) is 5.75 Å². The highest BCUT2D eigenvalue weighted by Gasteiger charge is 2.36. The van der Waals surface area contributed by atoms with Gasteiger partial charge in [-0.3, -0.25) is 9.78 Å². The van der Waals surface area contributed by atoms with E-state index >= 15 is 0 Å². The summed E-state index contributed by atoms with van der Waals surface area (Å²) >= 11 is 1.52. The summed E-state index contributed by atoms with van der Waals surface area (Å²) in [5.41, 5.74) is -0.400. The van der Waals surface area contributed by atoms with Gasteiger partial charge in [0.15, 0.2) is 0 Å². The predicted molar refractivity (Wildman–Crippen MR) is 97.4 cm³/mol. The van der Waals surface area contributed by atoms with E-state index in [1.165, 1.54) is 24.0 Å². The van der Waals surface area contributed by atoms with Gasteiger partial charge in [-0.05, 0) is 49.9 Å². The highest BCUT2D eigenvalue weighted by Crippen LogP contribution is 2.36. The van der Waals surface area contributed by atoms with Gasteiger partial charge in [0.1, 0.15) is 11.4 Å². The van der Waals surface area contributed by atoms with Crippen LogP contribution in [0.2, 0.25) is 0 Å². The SMILES string of the molecule is O=C(CSc1ccccc1)NC1CCC(O)(c2ccc(O)cn2)CC1. The lowest BCUT2D eigenvalue weighted by Crippen LogP contribution is -2.43. The molecule has 0 spiro atoms. The first-order chi connectivity index (χ1) is 12.0. The van der Waals surface area contributed by atoms with Crippen LogP contribution in [0.25, 0.3) is 0 Å². The van der Waals surface area contributed by atoms with Crippen LogP contribution in [0.15, 0.2) is 53.6 Å². The molecule has 0 unspecified atom stereocenters. The van der Waals surface area contributed by atoms with E-state index in [2.05, 4.69) is 10.3 Å². The zero-order chi connectivity index (χ0) is 17.7. The van der Waals surface area contributed by atoms with Crippen LogP contribution in [0.4, 0.5) is 0 Å². The highest BCUT2D eigenvalue weighted by molar-refractivity contribution is 8.00. The molecule has 3 rings (SSSR count). The first-order valence-electron chi connectivity index (χ1n) is 8.40. The van der Waals surface area contributed by atoms with Crippen LogP contribution in [0.1, 0.15) is 31.4 Å². The molecular formula is C19H22N2O3S. The maximum Gasteiger partial charge on any atom is 0.230 e. The topological polar surface area (TPSA) is 82.5 Å². The summed E-state index contributed by atoms with van der Waals surface area (Å²) in [6, 6.07) is 13.1. The molecule has 1 aliphatic rings. The standard InChI is InChI=1S/C19H22N2O3S/c22-15-6-7-17(20-12-15)19(24)10-8-14(9-11-19)21-18(23)13-25-16-4-2-1-3-5-16/h1-7,12,14,22,24H,8-11,13H2,(H,21,23). The van der Waals surface area contributed by atoms with Crippen LogP contribution >= 0.6 is 11.8 Å². The van der Waals surface area contributed by atoms with Gasteiger partial charge in [-0.1, -0.05) is 18.2 Å². The number of carbonyl (C=O) groups excluding carboxylic acids is 1. The van der Waals surface area contributed by atoms with E-state index in [1.807, 2.05) is 30.3 Å². The summed E-state index contributed by atoms with van der Waals surface area (Å²) in [4.78, 5) is 17.3. The van der Waals surface area contributed by atoms with E-state index in [-0.39, 0.29) is 17.7 Å². The van der Waals surface area contributed by atoms with Crippen LogP contribution in [-0.4, -0.2) is 32.9 Å². The lowest BCUT2D eigenvalue weighted by Gasteiger charge is -2.35. The minimum absolute atomic E-state index is 0.0204. The van der Waals surface area contributed by atoms with Crippen molar-refractivity contribution < 1.29 is 15.0 Å². The van der Waals surface area contributed by atoms with Crippen molar-refractivity contribution >= 4 is 17.7 Å². The summed E-state index contributed by atoms with van der Waals surface area (Å²) in [5.74, 6) is 0.501. The Kier molecular flexibility index (Phi) is 5.60. The summed E-state index contributed by atoms with van der Waals surface area (Å²) in [7, 11) is 0. The Morgan fingerprint density at radius 2 is 1.92 bits per heavy atom. The Morgan fingerprint density at radius 3 is 2.56 bits per heavy atom. The van der Waals surface area contributed by atoms with E-state index < -0.39 is 5.60 Å². The molecule has 1 aromatic carbocycles. The zero-order valence-corrected chi connectivity index (χ0v) is 14.7. The number of hydrogen-bond acceptors (Lipinski definition) is 5. The molecule has 0 aliphatic heterocycles. The summed E-state index contributed by atoms with van der Waals surface area (Å²) < 4.78 is 0. The Hall–Kier alpha value is -2.05. The average molecular weight is 358 g/mol. The number of aliphatic hydroxyl groups is 1. The Morgan fingerprint density at radius 1 is 1.20 bits per heavy atom. The number of hydrogen-bond donors (Lipinski definition) is 3. The van der Waals surface area contributed by atoms with Gasteiger partial charge < -0.3 is 15.5 Å². The van der Waals surface area contributed by atoms with E-state index in [4.69, 9.17) is 0 Å². The van der Waals surface area contributed by atoms with Crippen molar-refractivity contribution in [1.82, 2.24) is 10.3 Å². The van der Waals surface area contributed by atoms with Crippen molar-refractivity contribution in [1.29, 1.82) is 0 Å². The second kappa shape index (κ2) is 7.89. The lowest BCUT2D eigenvalue weighted by molar-refractivity contribution is -0.120. The maximum absolute atomic E-state index is 12.1. The van der Waals surface area contributed by atoms with Gasteiger partial charge in [0.25, 0.3) is 0 Å². The number of nitrogens with one attached hydrogen (secondary N) is 1. The molecule has 1 saturated carbocycles. The van der Waals surface area contributed by atoms with E-state index in [0.29, 0.717) is 37.1 Å². The molecular weight excluding hydrogens is 336 g/mol. The quantitative estimate of drug-likeness (QED) is 0.716. The van der Waals surface area contributed by atoms with Gasteiger partial charge in [0.2, 0.25) is 5.91 Å². The smallest absolute Gasteiger partial charge is 0.230 e. The molecule has 0 bridgehead atoms. The van der Waals surface area contributed by atoms with E-state index in [0.717, 1.165) is 4.90 Å². The van der Waals surface area contributed by atoms with Crippen molar-refractivity contribution in [3.63, 3.8) is 0 Å². The average Bonchev–Trinajstić information content (AvgIpc) is 2.63. The number of nitrogens with zero attached hydrogens (tertiary/aromatic N) is 1. The molecule has 1 aliphatic carbocycles. The molecule has 1 aromatic heterocycles. The lowest BCUT2D eigenvalue weighted by atomic mass is 9.80. The molecule has 5 nitrogen and oxygen atoms in total. The highest BCUT2D eigenvalue weighted by atomic mass is 32.2. The second-order valence-corrected chi connectivity index (χ2v) is 7.43. The van der Waals surface area contributed by atoms with Crippen molar-refractivity contribution in [3.05, 3.63) is 54.4 Å². The molecule has 25 heavy (non-hydrogen) atoms. The zero-order valence-electron chi connectivity index (χ0n) is 13.9. The fourth-order valence-electron chi connectivity index (χ4n) is 3.09. The van der Waals surface area contributed by atoms with Gasteiger partial charge in [-0.2, -0.15) is 0 Å². The number of aromatic hydroxyl groups is 1. The van der Waals surface area contributed by atoms with Gasteiger partial charge in [-0.15, -0.1) is 11.8 Å². The number of aromatic nitrogens is 1. The minimum atomic E-state index is -0.978. The third-order valence-corrected chi connectivity index (χ3v) is 5.53. The molecule has 3 N–H and O–H groups in total. The molecule has 2 aromatic rings.